The van der Waals surface area contributed by atoms with E-state index in [0.29, 0.717) is 5.82 Å². The third kappa shape index (κ3) is 4.68. The maximum absolute atomic E-state index is 5.35. The Morgan fingerprint density at radius 1 is 0.304 bits per heavy atom. The monoisotopic (exact) mass is 709 g/mol. The average Bonchev–Trinajstić information content (AvgIpc) is 3.27. The van der Waals surface area contributed by atoms with Crippen molar-refractivity contribution in [2.45, 2.75) is 0 Å². The SMILES string of the molecule is c1ccc(-c2nc(-c3cc4ccc5cccc6c7cccc8ccc9cccc(c(c3)c4c56)c9c87)cc(-c3ccccc3-c3ccc4ncccc4c3)n2)cc1. The summed E-state index contributed by atoms with van der Waals surface area (Å²) >= 11 is 0. The predicted molar refractivity (Wildman–Crippen MR) is 235 cm³/mol. The first-order valence-electron chi connectivity index (χ1n) is 19.1. The fraction of sp³-hybridized carbons (Fsp3) is 0. The van der Waals surface area contributed by atoms with Gasteiger partial charge in [-0.05, 0) is 112 Å². The van der Waals surface area contributed by atoms with Gasteiger partial charge in [-0.1, -0.05) is 146 Å². The lowest BCUT2D eigenvalue weighted by molar-refractivity contribution is 1.18. The molecule has 0 radical (unpaired) electrons. The van der Waals surface area contributed by atoms with Gasteiger partial charge in [0.15, 0.2) is 5.82 Å². The van der Waals surface area contributed by atoms with Crippen LogP contribution < -0.4 is 0 Å². The highest BCUT2D eigenvalue weighted by atomic mass is 14.9. The molecule has 0 unspecified atom stereocenters. The zero-order valence-electron chi connectivity index (χ0n) is 30.2. The zero-order chi connectivity index (χ0) is 36.7. The van der Waals surface area contributed by atoms with Crippen molar-refractivity contribution in [3.63, 3.8) is 0 Å². The second-order valence-electron chi connectivity index (χ2n) is 14.7. The van der Waals surface area contributed by atoms with E-state index in [1.54, 1.807) is 0 Å². The van der Waals surface area contributed by atoms with E-state index in [-0.39, 0.29) is 0 Å². The van der Waals surface area contributed by atoms with Gasteiger partial charge in [0.25, 0.3) is 0 Å². The second kappa shape index (κ2) is 12.0. The number of rotatable bonds is 4. The minimum absolute atomic E-state index is 0.694. The maximum atomic E-state index is 5.35. The van der Waals surface area contributed by atoms with Crippen molar-refractivity contribution in [1.29, 1.82) is 0 Å². The van der Waals surface area contributed by atoms with Gasteiger partial charge in [-0.15, -0.1) is 0 Å². The molecule has 12 aromatic rings. The fourth-order valence-corrected chi connectivity index (χ4v) is 9.08. The first kappa shape index (κ1) is 30.9. The molecule has 0 amide bonds. The molecule has 2 aromatic heterocycles. The third-order valence-corrected chi connectivity index (χ3v) is 11.6. The highest BCUT2D eigenvalue weighted by molar-refractivity contribution is 6.37. The molecule has 3 heteroatoms. The molecular formula is C53H31N3. The summed E-state index contributed by atoms with van der Waals surface area (Å²) in [6.07, 6.45) is 1.84. The summed E-state index contributed by atoms with van der Waals surface area (Å²) in [5.74, 6) is 0.694. The quantitative estimate of drug-likeness (QED) is 0.171. The molecule has 0 bridgehead atoms. The van der Waals surface area contributed by atoms with Crippen LogP contribution in [0.1, 0.15) is 0 Å². The number of hydrogen-bond donors (Lipinski definition) is 0. The zero-order valence-corrected chi connectivity index (χ0v) is 30.2. The molecule has 56 heavy (non-hydrogen) atoms. The Morgan fingerprint density at radius 2 is 0.875 bits per heavy atom. The van der Waals surface area contributed by atoms with Crippen LogP contribution in [0.25, 0.3) is 121 Å². The minimum atomic E-state index is 0.694. The average molecular weight is 710 g/mol. The summed E-state index contributed by atoms with van der Waals surface area (Å²) in [5.41, 5.74) is 8.05. The summed E-state index contributed by atoms with van der Waals surface area (Å²) in [6.45, 7) is 0. The molecule has 0 aliphatic heterocycles. The lowest BCUT2D eigenvalue weighted by Gasteiger charge is -2.17. The molecule has 0 spiro atoms. The maximum Gasteiger partial charge on any atom is 0.160 e. The Balaban J connectivity index is 1.18. The summed E-state index contributed by atoms with van der Waals surface area (Å²) in [7, 11) is 0. The van der Waals surface area contributed by atoms with E-state index in [2.05, 4.69) is 175 Å². The number of hydrogen-bond acceptors (Lipinski definition) is 3. The van der Waals surface area contributed by atoms with Crippen molar-refractivity contribution in [2.75, 3.05) is 0 Å². The van der Waals surface area contributed by atoms with E-state index in [9.17, 15) is 0 Å². The highest BCUT2D eigenvalue weighted by Crippen LogP contribution is 2.45. The smallest absolute Gasteiger partial charge is 0.160 e. The van der Waals surface area contributed by atoms with E-state index in [0.717, 1.165) is 50.1 Å². The van der Waals surface area contributed by atoms with Crippen LogP contribution in [0.3, 0.4) is 0 Å². The van der Waals surface area contributed by atoms with Crippen LogP contribution in [-0.2, 0) is 0 Å². The Hall–Kier alpha value is -7.49. The van der Waals surface area contributed by atoms with Gasteiger partial charge in [-0.25, -0.2) is 9.97 Å². The predicted octanol–water partition coefficient (Wildman–Crippen LogP) is 14.0. The topological polar surface area (TPSA) is 38.7 Å². The lowest BCUT2D eigenvalue weighted by Crippen LogP contribution is -1.97. The van der Waals surface area contributed by atoms with Gasteiger partial charge in [0.05, 0.1) is 16.9 Å². The molecule has 10 aromatic carbocycles. The van der Waals surface area contributed by atoms with Gasteiger partial charge in [0, 0.05) is 28.3 Å². The van der Waals surface area contributed by atoms with Crippen molar-refractivity contribution in [3.8, 4) is 45.0 Å². The molecule has 0 N–H and O–H groups in total. The highest BCUT2D eigenvalue weighted by Gasteiger charge is 2.19. The van der Waals surface area contributed by atoms with Crippen molar-refractivity contribution >= 4 is 75.5 Å². The largest absolute Gasteiger partial charge is 0.256 e. The first-order chi connectivity index (χ1) is 27.7. The second-order valence-corrected chi connectivity index (χ2v) is 14.7. The van der Waals surface area contributed by atoms with Crippen LogP contribution in [0.4, 0.5) is 0 Å². The van der Waals surface area contributed by atoms with Gasteiger partial charge in [0.1, 0.15) is 0 Å². The van der Waals surface area contributed by atoms with Crippen molar-refractivity contribution in [2.24, 2.45) is 0 Å². The number of pyridine rings is 1. The fourth-order valence-electron chi connectivity index (χ4n) is 9.08. The van der Waals surface area contributed by atoms with Crippen LogP contribution in [0.2, 0.25) is 0 Å². The summed E-state index contributed by atoms with van der Waals surface area (Å²) in [4.78, 5) is 15.2. The third-order valence-electron chi connectivity index (χ3n) is 11.6. The number of benzene rings is 9. The summed E-state index contributed by atoms with van der Waals surface area (Å²) in [6, 6.07) is 65.7. The summed E-state index contributed by atoms with van der Waals surface area (Å²) < 4.78 is 0. The Bertz CT molecular complexity index is 3530. The Labute approximate surface area is 322 Å². The first-order valence-corrected chi connectivity index (χ1v) is 19.1. The molecule has 3 nitrogen and oxygen atoms in total. The molecule has 2 heterocycles. The lowest BCUT2D eigenvalue weighted by atomic mass is 9.87. The van der Waals surface area contributed by atoms with E-state index in [4.69, 9.17) is 9.97 Å². The number of fused-ring (bicyclic) bond motifs is 3. The van der Waals surface area contributed by atoms with E-state index in [1.807, 2.05) is 18.3 Å². The van der Waals surface area contributed by atoms with Gasteiger partial charge < -0.3 is 0 Å². The summed E-state index contributed by atoms with van der Waals surface area (Å²) in [5, 5.41) is 16.2. The number of nitrogens with zero attached hydrogens (tertiary/aromatic N) is 3. The van der Waals surface area contributed by atoms with Gasteiger partial charge >= 0.3 is 0 Å². The Morgan fingerprint density at radius 3 is 1.59 bits per heavy atom. The van der Waals surface area contributed by atoms with Gasteiger partial charge in [0.2, 0.25) is 0 Å². The minimum Gasteiger partial charge on any atom is -0.256 e. The molecule has 258 valence electrons. The van der Waals surface area contributed by atoms with Crippen LogP contribution in [0.15, 0.2) is 188 Å². The molecule has 0 atom stereocenters. The van der Waals surface area contributed by atoms with Gasteiger partial charge in [-0.3, -0.25) is 4.98 Å². The van der Waals surface area contributed by atoms with Crippen LogP contribution >= 0.6 is 0 Å². The van der Waals surface area contributed by atoms with Crippen LogP contribution in [-0.4, -0.2) is 15.0 Å². The Kier molecular flexibility index (Phi) is 6.63. The van der Waals surface area contributed by atoms with Crippen molar-refractivity contribution in [1.82, 2.24) is 15.0 Å². The van der Waals surface area contributed by atoms with Crippen LogP contribution in [0, 0.1) is 0 Å². The van der Waals surface area contributed by atoms with Crippen LogP contribution in [0.5, 0.6) is 0 Å². The molecule has 0 saturated carbocycles. The molecule has 0 fully saturated rings. The number of aromatic nitrogens is 3. The van der Waals surface area contributed by atoms with E-state index in [1.165, 1.54) is 64.6 Å². The molecular weight excluding hydrogens is 679 g/mol. The normalized spacial score (nSPS) is 11.9. The van der Waals surface area contributed by atoms with Crippen molar-refractivity contribution in [3.05, 3.63) is 188 Å². The molecule has 0 aliphatic rings. The van der Waals surface area contributed by atoms with Crippen molar-refractivity contribution < 1.29 is 0 Å². The molecule has 0 aliphatic carbocycles. The molecule has 0 saturated heterocycles. The van der Waals surface area contributed by atoms with Gasteiger partial charge in [-0.2, -0.15) is 0 Å². The van der Waals surface area contributed by atoms with E-state index >= 15 is 0 Å². The molecule has 12 rings (SSSR count). The van der Waals surface area contributed by atoms with E-state index < -0.39 is 0 Å². The standard InChI is InChI=1S/C53H31N3/c1-2-10-35(11-3-1)53-55-47(31-48(56-53)41-17-5-4-16-40(41)36-25-26-46-37(28-36)15-9-27-54-46)39-29-38-24-23-34-13-7-19-43-42-18-6-12-32-21-22-33-14-8-20-44(51(33)49(32)42)45(30-39)52(38)50(34)43/h1-31H.